The molecule has 1 atom stereocenters. The van der Waals surface area contributed by atoms with Crippen molar-refractivity contribution in [2.45, 2.75) is 32.2 Å². The van der Waals surface area contributed by atoms with E-state index in [0.29, 0.717) is 22.8 Å². The van der Waals surface area contributed by atoms with Gasteiger partial charge in [-0.1, -0.05) is 25.5 Å². The zero-order chi connectivity index (χ0) is 15.5. The van der Waals surface area contributed by atoms with Gasteiger partial charge in [-0.25, -0.2) is 9.37 Å². The number of rotatable bonds is 5. The summed E-state index contributed by atoms with van der Waals surface area (Å²) < 4.78 is 13.7. The first-order valence-electron chi connectivity index (χ1n) is 6.75. The summed E-state index contributed by atoms with van der Waals surface area (Å²) in [5.41, 5.74) is 5.95. The number of hydrogen-bond acceptors (Lipinski definition) is 4. The summed E-state index contributed by atoms with van der Waals surface area (Å²) in [5.74, 6) is -0.617. The van der Waals surface area contributed by atoms with Crippen molar-refractivity contribution in [2.75, 3.05) is 5.32 Å². The summed E-state index contributed by atoms with van der Waals surface area (Å²) in [6, 6.07) is 6.40. The molecule has 0 aliphatic rings. The van der Waals surface area contributed by atoms with E-state index in [4.69, 9.17) is 5.73 Å². The lowest BCUT2D eigenvalue weighted by atomic mass is 9.97. The van der Waals surface area contributed by atoms with Crippen LogP contribution in [0.25, 0.3) is 11.3 Å². The molecule has 1 unspecified atom stereocenters. The fourth-order valence-corrected chi connectivity index (χ4v) is 2.70. The normalized spacial score (nSPS) is 13.7. The van der Waals surface area contributed by atoms with Crippen molar-refractivity contribution in [1.29, 1.82) is 0 Å². The zero-order valence-electron chi connectivity index (χ0n) is 12.0. The lowest BCUT2D eigenvalue weighted by Gasteiger charge is -2.21. The Balaban J connectivity index is 2.14. The Morgan fingerprint density at radius 1 is 1.48 bits per heavy atom. The lowest BCUT2D eigenvalue weighted by molar-refractivity contribution is -0.120. The predicted octanol–water partition coefficient (Wildman–Crippen LogP) is 3.41. The first-order chi connectivity index (χ1) is 9.94. The van der Waals surface area contributed by atoms with E-state index >= 15 is 0 Å². The van der Waals surface area contributed by atoms with Crippen LogP contribution in [0.2, 0.25) is 0 Å². The summed E-state index contributed by atoms with van der Waals surface area (Å²) in [5, 5.41) is 4.83. The molecule has 0 aliphatic heterocycles. The number of halogens is 1. The third kappa shape index (κ3) is 3.65. The second-order valence-electron chi connectivity index (χ2n) is 5.14. The van der Waals surface area contributed by atoms with E-state index in [1.165, 1.54) is 17.4 Å². The summed E-state index contributed by atoms with van der Waals surface area (Å²) in [6.07, 6.45) is 1.41. The highest BCUT2D eigenvalue weighted by Crippen LogP contribution is 2.27. The van der Waals surface area contributed by atoms with Gasteiger partial charge in [0.1, 0.15) is 5.82 Å². The zero-order valence-corrected chi connectivity index (χ0v) is 12.8. The van der Waals surface area contributed by atoms with E-state index in [1.807, 2.05) is 6.92 Å². The molecular formula is C15H18FN3OS. The maximum Gasteiger partial charge on any atom is 0.245 e. The fraction of sp³-hybridized carbons (Fsp3) is 0.333. The summed E-state index contributed by atoms with van der Waals surface area (Å²) in [6.45, 7) is 3.66. The van der Waals surface area contributed by atoms with Gasteiger partial charge in [-0.15, -0.1) is 11.3 Å². The van der Waals surface area contributed by atoms with Crippen molar-refractivity contribution >= 4 is 22.4 Å². The molecule has 1 amide bonds. The number of benzene rings is 1. The van der Waals surface area contributed by atoms with Crippen LogP contribution in [0.3, 0.4) is 0 Å². The van der Waals surface area contributed by atoms with Crippen LogP contribution in [-0.4, -0.2) is 16.4 Å². The monoisotopic (exact) mass is 307 g/mol. The van der Waals surface area contributed by atoms with Crippen LogP contribution in [0.4, 0.5) is 9.52 Å². The average Bonchev–Trinajstić information content (AvgIpc) is 2.87. The molecule has 4 nitrogen and oxygen atoms in total. The molecule has 2 aromatic rings. The Hall–Kier alpha value is -1.79. The summed E-state index contributed by atoms with van der Waals surface area (Å²) >= 11 is 1.25. The van der Waals surface area contributed by atoms with E-state index in [-0.39, 0.29) is 11.7 Å². The van der Waals surface area contributed by atoms with E-state index in [0.717, 1.165) is 6.42 Å². The van der Waals surface area contributed by atoms with E-state index in [2.05, 4.69) is 10.3 Å². The van der Waals surface area contributed by atoms with Crippen LogP contribution in [0, 0.1) is 5.82 Å². The number of thiazole rings is 1. The third-order valence-corrected chi connectivity index (χ3v) is 3.92. The molecule has 6 heteroatoms. The van der Waals surface area contributed by atoms with Gasteiger partial charge in [0.05, 0.1) is 11.2 Å². The molecule has 21 heavy (non-hydrogen) atoms. The van der Waals surface area contributed by atoms with Crippen LogP contribution in [-0.2, 0) is 4.79 Å². The second kappa shape index (κ2) is 6.32. The molecule has 3 N–H and O–H groups in total. The maximum atomic E-state index is 13.7. The number of carbonyl (C=O) groups is 1. The van der Waals surface area contributed by atoms with Crippen LogP contribution in [0.15, 0.2) is 29.6 Å². The predicted molar refractivity (Wildman–Crippen MR) is 83.6 cm³/mol. The Labute approximate surface area is 127 Å². The molecule has 0 fully saturated rings. The largest absolute Gasteiger partial charge is 0.318 e. The number of nitrogens with zero attached hydrogens (tertiary/aromatic N) is 1. The van der Waals surface area contributed by atoms with Crippen molar-refractivity contribution in [2.24, 2.45) is 5.73 Å². The van der Waals surface area contributed by atoms with E-state index in [9.17, 15) is 9.18 Å². The summed E-state index contributed by atoms with van der Waals surface area (Å²) in [4.78, 5) is 16.3. The molecule has 112 valence electrons. The lowest BCUT2D eigenvalue weighted by Crippen LogP contribution is -2.48. The van der Waals surface area contributed by atoms with Gasteiger partial charge in [0.2, 0.25) is 5.91 Å². The van der Waals surface area contributed by atoms with Gasteiger partial charge in [-0.2, -0.15) is 0 Å². The molecule has 0 aliphatic carbocycles. The first-order valence-corrected chi connectivity index (χ1v) is 7.63. The van der Waals surface area contributed by atoms with Crippen molar-refractivity contribution < 1.29 is 9.18 Å². The molecule has 1 heterocycles. The van der Waals surface area contributed by atoms with Gasteiger partial charge < -0.3 is 11.1 Å². The number of amides is 1. The standard InChI is InChI=1S/C15H18FN3OS/c1-3-8-15(2,17)13(20)19-14-18-12(9-21-14)10-6-4-5-7-11(10)16/h4-7,9H,3,8,17H2,1-2H3,(H,18,19,20). The van der Waals surface area contributed by atoms with Gasteiger partial charge in [0, 0.05) is 10.9 Å². The maximum absolute atomic E-state index is 13.7. The van der Waals surface area contributed by atoms with Gasteiger partial charge >= 0.3 is 0 Å². The molecule has 1 aromatic carbocycles. The fourth-order valence-electron chi connectivity index (χ4n) is 2.00. The van der Waals surface area contributed by atoms with Gasteiger partial charge in [0.15, 0.2) is 5.13 Å². The van der Waals surface area contributed by atoms with Crippen LogP contribution < -0.4 is 11.1 Å². The second-order valence-corrected chi connectivity index (χ2v) is 6.00. The van der Waals surface area contributed by atoms with Crippen LogP contribution >= 0.6 is 11.3 Å². The van der Waals surface area contributed by atoms with Gasteiger partial charge in [-0.05, 0) is 25.5 Å². The molecular weight excluding hydrogens is 289 g/mol. The van der Waals surface area contributed by atoms with Crippen molar-refractivity contribution in [3.05, 3.63) is 35.5 Å². The number of nitrogens with two attached hydrogens (primary N) is 1. The Morgan fingerprint density at radius 3 is 2.86 bits per heavy atom. The highest BCUT2D eigenvalue weighted by molar-refractivity contribution is 7.14. The minimum absolute atomic E-state index is 0.279. The number of carbonyl (C=O) groups excluding carboxylic acids is 1. The highest BCUT2D eigenvalue weighted by Gasteiger charge is 2.27. The molecule has 0 bridgehead atoms. The van der Waals surface area contributed by atoms with E-state index < -0.39 is 5.54 Å². The van der Waals surface area contributed by atoms with Crippen molar-refractivity contribution in [3.8, 4) is 11.3 Å². The topological polar surface area (TPSA) is 68.0 Å². The number of nitrogens with one attached hydrogen (secondary N) is 1. The molecule has 0 radical (unpaired) electrons. The Bertz CT molecular complexity index is 639. The van der Waals surface area contributed by atoms with Crippen molar-refractivity contribution in [3.63, 3.8) is 0 Å². The SMILES string of the molecule is CCCC(C)(N)C(=O)Nc1nc(-c2ccccc2F)cs1. The first kappa shape index (κ1) is 15.6. The molecule has 0 saturated carbocycles. The van der Waals surface area contributed by atoms with Crippen molar-refractivity contribution in [1.82, 2.24) is 4.98 Å². The average molecular weight is 307 g/mol. The molecule has 0 saturated heterocycles. The number of anilines is 1. The van der Waals surface area contributed by atoms with Gasteiger partial charge in [-0.3, -0.25) is 4.79 Å². The smallest absolute Gasteiger partial charge is 0.245 e. The quantitative estimate of drug-likeness (QED) is 0.889. The van der Waals surface area contributed by atoms with Crippen LogP contribution in [0.5, 0.6) is 0 Å². The highest BCUT2D eigenvalue weighted by atomic mass is 32.1. The third-order valence-electron chi connectivity index (χ3n) is 3.16. The Kier molecular flexibility index (Phi) is 4.69. The number of hydrogen-bond donors (Lipinski definition) is 2. The minimum Gasteiger partial charge on any atom is -0.318 e. The molecule has 2 rings (SSSR count). The van der Waals surface area contributed by atoms with Gasteiger partial charge in [0.25, 0.3) is 0 Å². The summed E-state index contributed by atoms with van der Waals surface area (Å²) in [7, 11) is 0. The molecule has 1 aromatic heterocycles. The Morgan fingerprint density at radius 2 is 2.19 bits per heavy atom. The minimum atomic E-state index is -0.932. The number of aromatic nitrogens is 1. The van der Waals surface area contributed by atoms with Crippen LogP contribution in [0.1, 0.15) is 26.7 Å². The molecule has 0 spiro atoms. The van der Waals surface area contributed by atoms with E-state index in [1.54, 1.807) is 30.5 Å².